The first-order valence-electron chi connectivity index (χ1n) is 9.44. The molecule has 1 fully saturated rings. The van der Waals surface area contributed by atoms with Crippen LogP contribution in [0.2, 0.25) is 0 Å². The van der Waals surface area contributed by atoms with Crippen LogP contribution in [0.3, 0.4) is 0 Å². The van der Waals surface area contributed by atoms with Gasteiger partial charge in [-0.1, -0.05) is 42.5 Å². The van der Waals surface area contributed by atoms with E-state index in [0.29, 0.717) is 23.6 Å². The molecule has 0 aromatic heterocycles. The second-order valence-corrected chi connectivity index (χ2v) is 7.30. The molecule has 0 spiro atoms. The number of carbonyl (C=O) groups excluding carboxylic acids is 2. The maximum absolute atomic E-state index is 12.4. The lowest BCUT2D eigenvalue weighted by Crippen LogP contribution is -2.36. The average Bonchev–Trinajstić information content (AvgIpc) is 2.93. The van der Waals surface area contributed by atoms with Crippen molar-refractivity contribution < 1.29 is 9.59 Å². The van der Waals surface area contributed by atoms with Crippen molar-refractivity contribution in [2.45, 2.75) is 25.8 Å². The second kappa shape index (κ2) is 8.68. The van der Waals surface area contributed by atoms with Gasteiger partial charge in [0.25, 0.3) is 11.8 Å². The number of nitrogens with zero attached hydrogens (tertiary/aromatic N) is 2. The molecule has 0 unspecified atom stereocenters. The van der Waals surface area contributed by atoms with Gasteiger partial charge in [-0.2, -0.15) is 0 Å². The van der Waals surface area contributed by atoms with E-state index in [2.05, 4.69) is 35.2 Å². The largest absolute Gasteiger partial charge is 0.299 e. The number of hydrogen-bond donors (Lipinski definition) is 0. The van der Waals surface area contributed by atoms with E-state index < -0.39 is 0 Å². The minimum atomic E-state index is -0.132. The number of amides is 2. The normalized spacial score (nSPS) is 17.7. The Labute approximate surface area is 166 Å². The fraction of sp³-hybridized carbons (Fsp3) is 0.364. The number of piperidine rings is 1. The molecule has 2 amide bonds. The van der Waals surface area contributed by atoms with Crippen LogP contribution in [0.4, 0.5) is 0 Å². The molecule has 0 bridgehead atoms. The fourth-order valence-electron chi connectivity index (χ4n) is 4.03. The minimum absolute atomic E-state index is 0. The molecule has 0 radical (unpaired) electrons. The number of likely N-dealkylation sites (tertiary alicyclic amines) is 1. The molecule has 1 saturated heterocycles. The SMILES string of the molecule is Cl.O=C1c2ccccc2C(=O)N1CCC1CCN(Cc2ccccc2)CC1. The van der Waals surface area contributed by atoms with Crippen molar-refractivity contribution in [1.82, 2.24) is 9.80 Å². The van der Waals surface area contributed by atoms with E-state index >= 15 is 0 Å². The number of rotatable bonds is 5. The van der Waals surface area contributed by atoms with Crippen LogP contribution in [0, 0.1) is 5.92 Å². The molecule has 2 aromatic rings. The predicted molar refractivity (Wildman–Crippen MR) is 108 cm³/mol. The molecule has 5 heteroatoms. The summed E-state index contributed by atoms with van der Waals surface area (Å²) < 4.78 is 0. The van der Waals surface area contributed by atoms with E-state index in [1.165, 1.54) is 10.5 Å². The number of fused-ring (bicyclic) bond motifs is 1. The third kappa shape index (κ3) is 4.23. The zero-order valence-electron chi connectivity index (χ0n) is 15.3. The monoisotopic (exact) mass is 384 g/mol. The Hall–Kier alpha value is -2.17. The summed E-state index contributed by atoms with van der Waals surface area (Å²) >= 11 is 0. The average molecular weight is 385 g/mol. The highest BCUT2D eigenvalue weighted by atomic mass is 35.5. The first kappa shape index (κ1) is 19.6. The van der Waals surface area contributed by atoms with E-state index in [0.717, 1.165) is 38.9 Å². The zero-order valence-corrected chi connectivity index (χ0v) is 16.2. The Bertz CT molecular complexity index is 766. The van der Waals surface area contributed by atoms with E-state index in [9.17, 15) is 9.59 Å². The standard InChI is InChI=1S/C22H24N2O2.ClH/c25-21-19-8-4-5-9-20(19)22(26)24(21)15-12-17-10-13-23(14-11-17)16-18-6-2-1-3-7-18;/h1-9,17H,10-16H2;1H. The summed E-state index contributed by atoms with van der Waals surface area (Å²) in [6.45, 7) is 3.71. The van der Waals surface area contributed by atoms with Crippen LogP contribution < -0.4 is 0 Å². The molecule has 2 aliphatic rings. The summed E-state index contributed by atoms with van der Waals surface area (Å²) in [7, 11) is 0. The van der Waals surface area contributed by atoms with Crippen molar-refractivity contribution in [3.8, 4) is 0 Å². The van der Waals surface area contributed by atoms with Gasteiger partial charge in [-0.25, -0.2) is 0 Å². The van der Waals surface area contributed by atoms with Gasteiger partial charge in [-0.05, 0) is 56.0 Å². The smallest absolute Gasteiger partial charge is 0.261 e. The minimum Gasteiger partial charge on any atom is -0.299 e. The number of imide groups is 1. The van der Waals surface area contributed by atoms with Gasteiger partial charge in [0.05, 0.1) is 11.1 Å². The molecular formula is C22H25ClN2O2. The van der Waals surface area contributed by atoms with E-state index in [4.69, 9.17) is 0 Å². The quantitative estimate of drug-likeness (QED) is 0.731. The Balaban J connectivity index is 0.00000210. The van der Waals surface area contributed by atoms with Crippen molar-refractivity contribution in [2.24, 2.45) is 5.92 Å². The van der Waals surface area contributed by atoms with Gasteiger partial charge >= 0.3 is 0 Å². The maximum Gasteiger partial charge on any atom is 0.261 e. The van der Waals surface area contributed by atoms with Crippen LogP contribution in [0.5, 0.6) is 0 Å². The predicted octanol–water partition coefficient (Wildman–Crippen LogP) is 4.01. The van der Waals surface area contributed by atoms with E-state index in [1.54, 1.807) is 12.1 Å². The Kier molecular flexibility index (Phi) is 6.30. The van der Waals surface area contributed by atoms with Crippen molar-refractivity contribution in [3.05, 3.63) is 71.3 Å². The number of halogens is 1. The third-order valence-corrected chi connectivity index (χ3v) is 5.60. The molecule has 2 aromatic carbocycles. The Morgan fingerprint density at radius 1 is 0.815 bits per heavy atom. The lowest BCUT2D eigenvalue weighted by Gasteiger charge is -2.32. The molecule has 27 heavy (non-hydrogen) atoms. The molecule has 2 aliphatic heterocycles. The molecule has 0 saturated carbocycles. The topological polar surface area (TPSA) is 40.6 Å². The number of benzene rings is 2. The molecule has 0 atom stereocenters. The van der Waals surface area contributed by atoms with Gasteiger partial charge in [0.1, 0.15) is 0 Å². The Morgan fingerprint density at radius 2 is 1.37 bits per heavy atom. The molecule has 2 heterocycles. The fourth-order valence-corrected chi connectivity index (χ4v) is 4.03. The van der Waals surface area contributed by atoms with Gasteiger partial charge in [-0.3, -0.25) is 19.4 Å². The summed E-state index contributed by atoms with van der Waals surface area (Å²) in [5.74, 6) is 0.325. The molecule has 4 nitrogen and oxygen atoms in total. The Morgan fingerprint density at radius 3 is 1.96 bits per heavy atom. The maximum atomic E-state index is 12.4. The molecule has 0 aliphatic carbocycles. The highest BCUT2D eigenvalue weighted by Crippen LogP contribution is 2.26. The lowest BCUT2D eigenvalue weighted by atomic mass is 9.93. The van der Waals surface area contributed by atoms with Crippen LogP contribution in [0.25, 0.3) is 0 Å². The van der Waals surface area contributed by atoms with Gasteiger partial charge in [0.15, 0.2) is 0 Å². The second-order valence-electron chi connectivity index (χ2n) is 7.30. The summed E-state index contributed by atoms with van der Waals surface area (Å²) in [6, 6.07) is 17.7. The van der Waals surface area contributed by atoms with Crippen molar-refractivity contribution in [2.75, 3.05) is 19.6 Å². The van der Waals surface area contributed by atoms with Crippen LogP contribution in [0.15, 0.2) is 54.6 Å². The van der Waals surface area contributed by atoms with Crippen molar-refractivity contribution in [3.63, 3.8) is 0 Å². The van der Waals surface area contributed by atoms with E-state index in [1.807, 2.05) is 12.1 Å². The van der Waals surface area contributed by atoms with Gasteiger partial charge in [-0.15, -0.1) is 12.4 Å². The lowest BCUT2D eigenvalue weighted by molar-refractivity contribution is 0.0636. The molecule has 0 N–H and O–H groups in total. The van der Waals surface area contributed by atoms with Crippen LogP contribution in [0.1, 0.15) is 45.5 Å². The van der Waals surface area contributed by atoms with E-state index in [-0.39, 0.29) is 24.2 Å². The number of carbonyl (C=O) groups is 2. The first-order chi connectivity index (χ1) is 12.7. The summed E-state index contributed by atoms with van der Waals surface area (Å²) in [5.41, 5.74) is 2.46. The van der Waals surface area contributed by atoms with Gasteiger partial charge < -0.3 is 0 Å². The van der Waals surface area contributed by atoms with Crippen LogP contribution >= 0.6 is 12.4 Å². The molecule has 4 rings (SSSR count). The molecular weight excluding hydrogens is 360 g/mol. The van der Waals surface area contributed by atoms with Gasteiger partial charge in [0.2, 0.25) is 0 Å². The summed E-state index contributed by atoms with van der Waals surface area (Å²) in [4.78, 5) is 28.8. The van der Waals surface area contributed by atoms with Crippen LogP contribution in [-0.2, 0) is 6.54 Å². The summed E-state index contributed by atoms with van der Waals surface area (Å²) in [5, 5.41) is 0. The number of hydrogen-bond acceptors (Lipinski definition) is 3. The highest BCUT2D eigenvalue weighted by Gasteiger charge is 2.35. The zero-order chi connectivity index (χ0) is 17.9. The summed E-state index contributed by atoms with van der Waals surface area (Å²) in [6.07, 6.45) is 3.18. The third-order valence-electron chi connectivity index (χ3n) is 5.60. The van der Waals surface area contributed by atoms with Gasteiger partial charge in [0, 0.05) is 13.1 Å². The first-order valence-corrected chi connectivity index (χ1v) is 9.44. The highest BCUT2D eigenvalue weighted by molar-refractivity contribution is 6.21. The van der Waals surface area contributed by atoms with Crippen molar-refractivity contribution >= 4 is 24.2 Å². The van der Waals surface area contributed by atoms with Crippen molar-refractivity contribution in [1.29, 1.82) is 0 Å². The van der Waals surface area contributed by atoms with Crippen LogP contribution in [-0.4, -0.2) is 41.2 Å². The molecule has 142 valence electrons.